The first-order valence-corrected chi connectivity index (χ1v) is 9.87. The van der Waals surface area contributed by atoms with Crippen molar-refractivity contribution < 1.29 is 19.5 Å². The summed E-state index contributed by atoms with van der Waals surface area (Å²) in [5.74, 6) is -0.457. The number of amides is 3. The Morgan fingerprint density at radius 3 is 2.59 bits per heavy atom. The van der Waals surface area contributed by atoms with E-state index in [4.69, 9.17) is 10.8 Å². The van der Waals surface area contributed by atoms with Crippen LogP contribution in [-0.2, 0) is 14.4 Å². The summed E-state index contributed by atoms with van der Waals surface area (Å²) in [6.45, 7) is 3.10. The number of carbonyl (C=O) groups is 3. The topological polar surface area (TPSA) is 119 Å². The van der Waals surface area contributed by atoms with Gasteiger partial charge in [0.2, 0.25) is 17.7 Å². The molecule has 0 aromatic carbocycles. The molecule has 2 aliphatic heterocycles. The van der Waals surface area contributed by atoms with Gasteiger partial charge in [-0.15, -0.1) is 0 Å². The van der Waals surface area contributed by atoms with E-state index in [1.807, 2.05) is 0 Å². The highest BCUT2D eigenvalue weighted by Crippen LogP contribution is 2.21. The summed E-state index contributed by atoms with van der Waals surface area (Å²) in [7, 11) is 1.61. The van der Waals surface area contributed by atoms with E-state index in [2.05, 4.69) is 5.32 Å². The molecule has 2 rings (SSSR count). The third kappa shape index (κ3) is 5.40. The largest absolute Gasteiger partial charge is 0.396 e. The van der Waals surface area contributed by atoms with Crippen LogP contribution in [0.3, 0.4) is 0 Å². The number of aliphatic hydroxyl groups excluding tert-OH is 1. The van der Waals surface area contributed by atoms with Gasteiger partial charge < -0.3 is 30.9 Å². The van der Waals surface area contributed by atoms with E-state index in [0.29, 0.717) is 38.9 Å². The van der Waals surface area contributed by atoms with Crippen molar-refractivity contribution in [2.75, 3.05) is 52.9 Å². The second-order valence-corrected chi connectivity index (χ2v) is 7.23. The van der Waals surface area contributed by atoms with E-state index in [1.54, 1.807) is 11.9 Å². The summed E-state index contributed by atoms with van der Waals surface area (Å²) in [5, 5.41) is 12.3. The average Bonchev–Trinajstić information content (AvgIpc) is 2.69. The summed E-state index contributed by atoms with van der Waals surface area (Å²) >= 11 is 0. The predicted molar refractivity (Wildman–Crippen MR) is 101 cm³/mol. The molecule has 2 atom stereocenters. The molecule has 9 nitrogen and oxygen atoms in total. The van der Waals surface area contributed by atoms with Crippen LogP contribution in [0.1, 0.15) is 32.1 Å². The minimum atomic E-state index is -0.628. The molecule has 2 aliphatic rings. The van der Waals surface area contributed by atoms with Gasteiger partial charge in [0.1, 0.15) is 18.6 Å². The first-order valence-electron chi connectivity index (χ1n) is 9.87. The minimum absolute atomic E-state index is 0.0363. The number of nitrogens with two attached hydrogens (primary N) is 1. The number of nitrogens with zero attached hydrogens (tertiary/aromatic N) is 3. The van der Waals surface area contributed by atoms with Crippen LogP contribution in [0.5, 0.6) is 0 Å². The van der Waals surface area contributed by atoms with Gasteiger partial charge in [0.15, 0.2) is 0 Å². The van der Waals surface area contributed by atoms with Gasteiger partial charge >= 0.3 is 0 Å². The lowest BCUT2D eigenvalue weighted by Gasteiger charge is -2.43. The van der Waals surface area contributed by atoms with Crippen molar-refractivity contribution in [3.8, 4) is 0 Å². The summed E-state index contributed by atoms with van der Waals surface area (Å²) in [4.78, 5) is 43.4. The molecule has 2 heterocycles. The molecule has 0 bridgehead atoms. The molecular formula is C18H33N5O4. The predicted octanol–water partition coefficient (Wildman–Crippen LogP) is -1.64. The Morgan fingerprint density at radius 1 is 1.26 bits per heavy atom. The maximum absolute atomic E-state index is 13.2. The second kappa shape index (κ2) is 10.6. The highest BCUT2D eigenvalue weighted by Gasteiger charge is 2.42. The Balaban J connectivity index is 2.19. The third-order valence-electron chi connectivity index (χ3n) is 5.39. The van der Waals surface area contributed by atoms with Crippen LogP contribution >= 0.6 is 0 Å². The third-order valence-corrected chi connectivity index (χ3v) is 5.39. The summed E-state index contributed by atoms with van der Waals surface area (Å²) < 4.78 is 0. The van der Waals surface area contributed by atoms with Crippen LogP contribution < -0.4 is 11.1 Å². The lowest BCUT2D eigenvalue weighted by Crippen LogP contribution is -2.64. The number of rotatable bonds is 9. The number of nitrogens with one attached hydrogen (secondary N) is 1. The number of carbonyl (C=O) groups excluding carboxylic acids is 3. The number of aliphatic hydroxyl groups is 1. The van der Waals surface area contributed by atoms with Crippen molar-refractivity contribution in [3.05, 3.63) is 0 Å². The Kier molecular flexibility index (Phi) is 8.46. The normalized spacial score (nSPS) is 22.3. The first-order chi connectivity index (χ1) is 13.0. The molecule has 0 radical (unpaired) electrons. The Morgan fingerprint density at radius 2 is 1.96 bits per heavy atom. The van der Waals surface area contributed by atoms with E-state index < -0.39 is 12.1 Å². The Hall–Kier alpha value is -1.71. The van der Waals surface area contributed by atoms with Gasteiger partial charge in [-0.3, -0.25) is 14.4 Å². The molecule has 27 heavy (non-hydrogen) atoms. The van der Waals surface area contributed by atoms with Crippen molar-refractivity contribution in [3.63, 3.8) is 0 Å². The number of unbranched alkanes of at least 4 members (excludes halogenated alkanes) is 1. The summed E-state index contributed by atoms with van der Waals surface area (Å²) in [6.07, 6.45) is 2.84. The fourth-order valence-electron chi connectivity index (χ4n) is 3.72. The van der Waals surface area contributed by atoms with Crippen LogP contribution in [0, 0.1) is 0 Å². The zero-order chi connectivity index (χ0) is 19.8. The van der Waals surface area contributed by atoms with E-state index in [0.717, 1.165) is 25.9 Å². The maximum atomic E-state index is 13.2. The van der Waals surface area contributed by atoms with Gasteiger partial charge in [-0.1, -0.05) is 0 Å². The van der Waals surface area contributed by atoms with Crippen LogP contribution in [0.2, 0.25) is 0 Å². The molecule has 3 amide bonds. The van der Waals surface area contributed by atoms with Crippen molar-refractivity contribution in [1.82, 2.24) is 20.0 Å². The standard InChI is InChI=1S/C18H33N5O4/c1-21-14(6-4-12-24)18(27)23(13-16(21)25)15(5-2-3-7-19)17(26)22-10-8-20-9-11-22/h14-15,20,24H,2-13,19H2,1H3/t14-,15-/m0/s1. The zero-order valence-electron chi connectivity index (χ0n) is 16.2. The van der Waals surface area contributed by atoms with Crippen LogP contribution in [0.4, 0.5) is 0 Å². The van der Waals surface area contributed by atoms with E-state index >= 15 is 0 Å². The van der Waals surface area contributed by atoms with Crippen molar-refractivity contribution in [2.24, 2.45) is 5.73 Å². The molecule has 9 heteroatoms. The number of hydrogen-bond donors (Lipinski definition) is 3. The minimum Gasteiger partial charge on any atom is -0.396 e. The summed E-state index contributed by atoms with van der Waals surface area (Å²) in [5.41, 5.74) is 5.59. The van der Waals surface area contributed by atoms with E-state index in [-0.39, 0.29) is 30.9 Å². The fraction of sp³-hybridized carbons (Fsp3) is 0.833. The molecule has 2 saturated heterocycles. The number of hydrogen-bond acceptors (Lipinski definition) is 6. The second-order valence-electron chi connectivity index (χ2n) is 7.23. The number of likely N-dealkylation sites (N-methyl/N-ethyl adjacent to an activating group) is 1. The van der Waals surface area contributed by atoms with Crippen LogP contribution in [-0.4, -0.2) is 103 Å². The van der Waals surface area contributed by atoms with Crippen molar-refractivity contribution >= 4 is 17.7 Å². The van der Waals surface area contributed by atoms with Crippen LogP contribution in [0.25, 0.3) is 0 Å². The first kappa shape index (κ1) is 21.6. The van der Waals surface area contributed by atoms with Gasteiger partial charge in [-0.2, -0.15) is 0 Å². The van der Waals surface area contributed by atoms with Gasteiger partial charge in [0, 0.05) is 39.8 Å². The highest BCUT2D eigenvalue weighted by molar-refractivity contribution is 5.98. The molecule has 0 saturated carbocycles. The Labute approximate surface area is 160 Å². The molecular weight excluding hydrogens is 350 g/mol. The van der Waals surface area contributed by atoms with Crippen molar-refractivity contribution in [1.29, 1.82) is 0 Å². The van der Waals surface area contributed by atoms with Gasteiger partial charge in [0.25, 0.3) is 0 Å². The lowest BCUT2D eigenvalue weighted by atomic mass is 10.00. The lowest BCUT2D eigenvalue weighted by molar-refractivity contribution is -0.161. The van der Waals surface area contributed by atoms with Crippen molar-refractivity contribution in [2.45, 2.75) is 44.2 Å². The average molecular weight is 383 g/mol. The molecule has 0 spiro atoms. The quantitative estimate of drug-likeness (QED) is 0.411. The molecule has 154 valence electrons. The number of piperazine rings is 2. The fourth-order valence-corrected chi connectivity index (χ4v) is 3.72. The zero-order valence-corrected chi connectivity index (χ0v) is 16.2. The van der Waals surface area contributed by atoms with Gasteiger partial charge in [0.05, 0.1) is 0 Å². The molecule has 0 unspecified atom stereocenters. The SMILES string of the molecule is CN1C(=O)CN([C@@H](CCCCN)C(=O)N2CCNCC2)C(=O)[C@@H]1CCCO. The monoisotopic (exact) mass is 383 g/mol. The van der Waals surface area contributed by atoms with E-state index in [9.17, 15) is 14.4 Å². The molecule has 2 fully saturated rings. The smallest absolute Gasteiger partial charge is 0.246 e. The molecule has 0 aliphatic carbocycles. The molecule has 0 aromatic rings. The van der Waals surface area contributed by atoms with Gasteiger partial charge in [-0.25, -0.2) is 0 Å². The Bertz CT molecular complexity index is 524. The van der Waals surface area contributed by atoms with Crippen LogP contribution in [0.15, 0.2) is 0 Å². The highest BCUT2D eigenvalue weighted by atomic mass is 16.3. The molecule has 0 aromatic heterocycles. The summed E-state index contributed by atoms with van der Waals surface area (Å²) in [6, 6.07) is -1.25. The molecule has 4 N–H and O–H groups in total. The van der Waals surface area contributed by atoms with E-state index in [1.165, 1.54) is 9.80 Å². The van der Waals surface area contributed by atoms with Gasteiger partial charge in [-0.05, 0) is 38.6 Å². The maximum Gasteiger partial charge on any atom is 0.246 e.